The second kappa shape index (κ2) is 5.61. The highest BCUT2D eigenvalue weighted by atomic mass is 16.6. The van der Waals surface area contributed by atoms with Crippen molar-refractivity contribution < 1.29 is 9.85 Å². The minimum atomic E-state index is -0.669. The molecule has 0 bridgehead atoms. The summed E-state index contributed by atoms with van der Waals surface area (Å²) in [6.45, 7) is 0. The lowest BCUT2D eigenvalue weighted by atomic mass is 10.2. The topological polar surface area (TPSA) is 107 Å². The van der Waals surface area contributed by atoms with Gasteiger partial charge in [0.05, 0.1) is 27.0 Å². The lowest BCUT2D eigenvalue weighted by Crippen LogP contribution is -2.08. The predicted molar refractivity (Wildman–Crippen MR) is 88.7 cm³/mol. The van der Waals surface area contributed by atoms with Crippen molar-refractivity contribution >= 4 is 28.0 Å². The van der Waals surface area contributed by atoms with Gasteiger partial charge in [-0.2, -0.15) is 5.10 Å². The molecule has 0 aliphatic carbocycles. The Kier molecular flexibility index (Phi) is 3.60. The molecule has 0 amide bonds. The molecule has 24 heavy (non-hydrogen) atoms. The van der Waals surface area contributed by atoms with E-state index in [1.807, 2.05) is 43.3 Å². The summed E-state index contributed by atoms with van der Waals surface area (Å²) < 4.78 is 1.47. The van der Waals surface area contributed by atoms with E-state index in [4.69, 9.17) is 0 Å². The van der Waals surface area contributed by atoms with Crippen LogP contribution in [0.3, 0.4) is 0 Å². The summed E-state index contributed by atoms with van der Waals surface area (Å²) >= 11 is 0. The van der Waals surface area contributed by atoms with Gasteiger partial charge in [-0.1, -0.05) is 0 Å². The molecule has 3 rings (SSSR count). The molecule has 1 aromatic heterocycles. The van der Waals surface area contributed by atoms with Gasteiger partial charge in [-0.3, -0.25) is 20.2 Å². The Morgan fingerprint density at radius 1 is 1.04 bits per heavy atom. The van der Waals surface area contributed by atoms with E-state index in [2.05, 4.69) is 5.10 Å². The number of nitrogens with zero attached hydrogens (tertiary/aromatic N) is 5. The second-order valence-electron chi connectivity index (χ2n) is 5.40. The lowest BCUT2D eigenvalue weighted by molar-refractivity contribution is -0.393. The molecule has 0 atom stereocenters. The second-order valence-corrected chi connectivity index (χ2v) is 5.40. The molecule has 0 fully saturated rings. The average molecular weight is 327 g/mol. The lowest BCUT2D eigenvalue weighted by Gasteiger charge is -2.12. The van der Waals surface area contributed by atoms with Crippen LogP contribution in [0.5, 0.6) is 0 Å². The number of nitro benzene ring substituents is 2. The molecule has 122 valence electrons. The van der Waals surface area contributed by atoms with E-state index in [0.29, 0.717) is 5.69 Å². The summed E-state index contributed by atoms with van der Waals surface area (Å²) in [4.78, 5) is 22.8. The largest absolute Gasteiger partial charge is 0.378 e. The normalized spacial score (nSPS) is 10.8. The van der Waals surface area contributed by atoms with Crippen LogP contribution in [0, 0.1) is 20.2 Å². The number of nitro groups is 2. The van der Waals surface area contributed by atoms with Gasteiger partial charge in [0, 0.05) is 32.0 Å². The number of fused-ring (bicyclic) bond motifs is 1. The molecule has 0 radical (unpaired) electrons. The molecule has 1 heterocycles. The highest BCUT2D eigenvalue weighted by Crippen LogP contribution is 2.31. The zero-order valence-corrected chi connectivity index (χ0v) is 12.9. The molecule has 0 aliphatic heterocycles. The number of non-ortho nitro benzene ring substituents is 2. The molecule has 0 spiro atoms. The fourth-order valence-corrected chi connectivity index (χ4v) is 2.38. The Morgan fingerprint density at radius 3 is 2.25 bits per heavy atom. The maximum atomic E-state index is 11.2. The van der Waals surface area contributed by atoms with Gasteiger partial charge in [0.25, 0.3) is 11.4 Å². The molecule has 0 saturated heterocycles. The number of benzene rings is 2. The summed E-state index contributed by atoms with van der Waals surface area (Å²) in [7, 11) is 3.83. The van der Waals surface area contributed by atoms with Crippen LogP contribution in [0.25, 0.3) is 16.6 Å². The van der Waals surface area contributed by atoms with Crippen LogP contribution in [0.15, 0.2) is 42.6 Å². The first kappa shape index (κ1) is 15.4. The van der Waals surface area contributed by atoms with E-state index in [1.165, 1.54) is 16.9 Å². The number of hydrogen-bond acceptors (Lipinski definition) is 6. The molecule has 0 unspecified atom stereocenters. The highest BCUT2D eigenvalue weighted by molar-refractivity contribution is 5.90. The first-order valence-corrected chi connectivity index (χ1v) is 6.97. The molecule has 2 aromatic carbocycles. The third kappa shape index (κ3) is 2.62. The number of rotatable bonds is 4. The zero-order valence-electron chi connectivity index (χ0n) is 12.9. The highest BCUT2D eigenvalue weighted by Gasteiger charge is 2.22. The van der Waals surface area contributed by atoms with Crippen LogP contribution in [-0.4, -0.2) is 33.7 Å². The van der Waals surface area contributed by atoms with Crippen molar-refractivity contribution in [2.24, 2.45) is 0 Å². The van der Waals surface area contributed by atoms with Gasteiger partial charge in [-0.15, -0.1) is 0 Å². The quantitative estimate of drug-likeness (QED) is 0.538. The van der Waals surface area contributed by atoms with Gasteiger partial charge in [0.15, 0.2) is 0 Å². The minimum absolute atomic E-state index is 0.201. The van der Waals surface area contributed by atoms with Gasteiger partial charge in [-0.25, -0.2) is 4.68 Å². The maximum absolute atomic E-state index is 11.2. The fourth-order valence-electron chi connectivity index (χ4n) is 2.38. The van der Waals surface area contributed by atoms with Gasteiger partial charge < -0.3 is 4.90 Å². The molecule has 9 heteroatoms. The summed E-state index contributed by atoms with van der Waals surface area (Å²) in [6, 6.07) is 9.59. The first-order chi connectivity index (χ1) is 11.4. The van der Waals surface area contributed by atoms with Crippen LogP contribution in [-0.2, 0) is 0 Å². The Balaban J connectivity index is 2.15. The molecule has 0 N–H and O–H groups in total. The van der Waals surface area contributed by atoms with E-state index in [1.54, 1.807) is 0 Å². The van der Waals surface area contributed by atoms with Crippen molar-refractivity contribution in [2.45, 2.75) is 0 Å². The first-order valence-electron chi connectivity index (χ1n) is 6.97. The fraction of sp³-hybridized carbons (Fsp3) is 0.133. The van der Waals surface area contributed by atoms with Crippen molar-refractivity contribution in [1.29, 1.82) is 0 Å². The molecule has 3 aromatic rings. The summed E-state index contributed by atoms with van der Waals surface area (Å²) in [5, 5.41) is 26.6. The smallest absolute Gasteiger partial charge is 0.287 e. The van der Waals surface area contributed by atoms with Crippen molar-refractivity contribution in [3.05, 3.63) is 62.8 Å². The number of hydrogen-bond donors (Lipinski definition) is 0. The van der Waals surface area contributed by atoms with E-state index in [0.717, 1.165) is 11.8 Å². The van der Waals surface area contributed by atoms with Crippen molar-refractivity contribution in [1.82, 2.24) is 9.78 Å². The van der Waals surface area contributed by atoms with Gasteiger partial charge >= 0.3 is 0 Å². The van der Waals surface area contributed by atoms with Crippen LogP contribution in [0.4, 0.5) is 17.1 Å². The number of anilines is 1. The minimum Gasteiger partial charge on any atom is -0.378 e. The zero-order chi connectivity index (χ0) is 17.4. The Bertz CT molecular complexity index is 946. The molecule has 0 saturated carbocycles. The molecule has 9 nitrogen and oxygen atoms in total. The standard InChI is InChI=1S/C15H13N5O4/c1-17(2)10-3-5-11(6-4-10)18-9-13-14(16-18)7-12(19(21)22)8-15(13)20(23)24/h3-9H,1-2H3. The maximum Gasteiger partial charge on any atom is 0.287 e. The van der Waals surface area contributed by atoms with Gasteiger partial charge in [0.2, 0.25) is 0 Å². The van der Waals surface area contributed by atoms with Gasteiger partial charge in [0.1, 0.15) is 5.52 Å². The van der Waals surface area contributed by atoms with Gasteiger partial charge in [-0.05, 0) is 24.3 Å². The third-order valence-corrected chi connectivity index (χ3v) is 3.63. The summed E-state index contributed by atoms with van der Waals surface area (Å²) in [6.07, 6.45) is 1.50. The van der Waals surface area contributed by atoms with Crippen molar-refractivity contribution in [3.63, 3.8) is 0 Å². The van der Waals surface area contributed by atoms with Crippen LogP contribution in [0.2, 0.25) is 0 Å². The average Bonchev–Trinajstić information content (AvgIpc) is 2.97. The van der Waals surface area contributed by atoms with E-state index < -0.39 is 9.85 Å². The predicted octanol–water partition coefficient (Wildman–Crippen LogP) is 2.91. The Hall–Kier alpha value is -3.49. The molecular weight excluding hydrogens is 314 g/mol. The molecular formula is C15H13N5O4. The monoisotopic (exact) mass is 327 g/mol. The van der Waals surface area contributed by atoms with E-state index in [-0.39, 0.29) is 22.3 Å². The van der Waals surface area contributed by atoms with Crippen LogP contribution >= 0.6 is 0 Å². The van der Waals surface area contributed by atoms with E-state index >= 15 is 0 Å². The summed E-state index contributed by atoms with van der Waals surface area (Å²) in [5.41, 5.74) is 1.20. The van der Waals surface area contributed by atoms with Crippen molar-refractivity contribution in [2.75, 3.05) is 19.0 Å². The summed E-state index contributed by atoms with van der Waals surface area (Å²) in [5.74, 6) is 0. The Morgan fingerprint density at radius 2 is 1.71 bits per heavy atom. The molecule has 0 aliphatic rings. The third-order valence-electron chi connectivity index (χ3n) is 3.63. The number of aromatic nitrogens is 2. The Labute approximate surface area is 136 Å². The SMILES string of the molecule is CN(C)c1ccc(-n2cc3c([N+](=O)[O-])cc([N+](=O)[O-])cc3n2)cc1. The van der Waals surface area contributed by atoms with Crippen LogP contribution < -0.4 is 4.90 Å². The van der Waals surface area contributed by atoms with Crippen LogP contribution in [0.1, 0.15) is 0 Å². The van der Waals surface area contributed by atoms with Crippen molar-refractivity contribution in [3.8, 4) is 5.69 Å². The van der Waals surface area contributed by atoms with E-state index in [9.17, 15) is 20.2 Å².